The summed E-state index contributed by atoms with van der Waals surface area (Å²) < 4.78 is 11.4. The summed E-state index contributed by atoms with van der Waals surface area (Å²) >= 11 is 0. The summed E-state index contributed by atoms with van der Waals surface area (Å²) in [5.74, 6) is 0.545. The Morgan fingerprint density at radius 1 is 1.20 bits per heavy atom. The summed E-state index contributed by atoms with van der Waals surface area (Å²) in [6.07, 6.45) is 4.92. The Balaban J connectivity index is 1.45. The number of carbonyl (C=O) groups is 1. The predicted molar refractivity (Wildman–Crippen MR) is 94.1 cm³/mol. The molecule has 2 aliphatic heterocycles. The van der Waals surface area contributed by atoms with Gasteiger partial charge < -0.3 is 14.2 Å². The Hall–Kier alpha value is -2.40. The normalized spacial score (nSPS) is 19.7. The first-order valence-electron chi connectivity index (χ1n) is 8.79. The number of benzene rings is 1. The van der Waals surface area contributed by atoms with Crippen LogP contribution in [0.1, 0.15) is 36.7 Å². The number of rotatable bonds is 2. The quantitative estimate of drug-likeness (QED) is 0.784. The Kier molecular flexibility index (Phi) is 4.17. The molecule has 0 N–H and O–H groups in total. The molecule has 4 rings (SSSR count). The summed E-state index contributed by atoms with van der Waals surface area (Å²) in [6, 6.07) is 11.4. The third-order valence-electron chi connectivity index (χ3n) is 5.08. The molecule has 0 radical (unpaired) electrons. The van der Waals surface area contributed by atoms with Crippen LogP contribution in [0.5, 0.6) is 0 Å². The van der Waals surface area contributed by atoms with Gasteiger partial charge in [0.05, 0.1) is 12.2 Å². The first kappa shape index (κ1) is 16.1. The zero-order valence-corrected chi connectivity index (χ0v) is 14.4. The molecule has 25 heavy (non-hydrogen) atoms. The van der Waals surface area contributed by atoms with Crippen LogP contribution in [-0.4, -0.2) is 41.3 Å². The maximum Gasteiger partial charge on any atom is 0.276 e. The lowest BCUT2D eigenvalue weighted by atomic mass is 9.87. The lowest BCUT2D eigenvalue weighted by molar-refractivity contribution is -0.0523. The summed E-state index contributed by atoms with van der Waals surface area (Å²) in [5, 5.41) is 3.97. The molecule has 2 aliphatic rings. The predicted octanol–water partition coefficient (Wildman–Crippen LogP) is 3.68. The molecule has 5 heteroatoms. The maximum absolute atomic E-state index is 12.7. The number of hydrogen-bond donors (Lipinski definition) is 0. The highest BCUT2D eigenvalue weighted by Crippen LogP contribution is 2.33. The second kappa shape index (κ2) is 6.48. The van der Waals surface area contributed by atoms with Crippen molar-refractivity contribution >= 4 is 5.91 Å². The zero-order valence-electron chi connectivity index (χ0n) is 14.4. The molecule has 1 spiro atoms. The number of ether oxygens (including phenoxy) is 1. The van der Waals surface area contributed by atoms with E-state index in [9.17, 15) is 4.79 Å². The van der Waals surface area contributed by atoms with Gasteiger partial charge in [0.2, 0.25) is 0 Å². The van der Waals surface area contributed by atoms with Gasteiger partial charge in [-0.25, -0.2) is 0 Å². The summed E-state index contributed by atoms with van der Waals surface area (Å²) in [4.78, 5) is 14.6. The molecular formula is C20H22N2O3. The third kappa shape index (κ3) is 3.24. The van der Waals surface area contributed by atoms with Crippen LogP contribution in [0.3, 0.4) is 0 Å². The second-order valence-electron chi connectivity index (χ2n) is 6.89. The number of likely N-dealkylation sites (tertiary alicyclic amines) is 1. The van der Waals surface area contributed by atoms with Gasteiger partial charge in [-0.05, 0) is 26.2 Å². The standard InChI is InChI=1S/C20H22N2O3/c1-15-7-12-24-20(14-15)8-10-22(11-9-20)19(23)17-13-18(25-21-17)16-5-3-2-4-6-16/h2-6,13-14H,7-12H2,1H3. The highest BCUT2D eigenvalue weighted by atomic mass is 16.5. The molecule has 1 amide bonds. The average Bonchev–Trinajstić information content (AvgIpc) is 3.13. The molecule has 0 atom stereocenters. The van der Waals surface area contributed by atoms with E-state index < -0.39 is 0 Å². The highest BCUT2D eigenvalue weighted by Gasteiger charge is 2.37. The molecule has 1 aromatic carbocycles. The molecule has 3 heterocycles. The number of amides is 1. The molecule has 5 nitrogen and oxygen atoms in total. The van der Waals surface area contributed by atoms with Gasteiger partial charge in [0, 0.05) is 24.7 Å². The number of hydrogen-bond acceptors (Lipinski definition) is 4. The molecule has 0 bridgehead atoms. The van der Waals surface area contributed by atoms with E-state index in [2.05, 4.69) is 18.2 Å². The minimum Gasteiger partial charge on any atom is -0.370 e. The fourth-order valence-electron chi connectivity index (χ4n) is 3.63. The van der Waals surface area contributed by atoms with Gasteiger partial charge in [-0.1, -0.05) is 47.1 Å². The SMILES string of the molecule is CC1=CC2(CCN(C(=O)c3cc(-c4ccccc4)on3)CC2)OCC1. The van der Waals surface area contributed by atoms with Gasteiger partial charge in [-0.3, -0.25) is 4.79 Å². The van der Waals surface area contributed by atoms with Crippen molar-refractivity contribution in [1.82, 2.24) is 10.1 Å². The van der Waals surface area contributed by atoms with E-state index in [4.69, 9.17) is 9.26 Å². The van der Waals surface area contributed by atoms with Crippen molar-refractivity contribution in [2.75, 3.05) is 19.7 Å². The highest BCUT2D eigenvalue weighted by molar-refractivity contribution is 5.93. The number of aromatic nitrogens is 1. The Morgan fingerprint density at radius 2 is 1.96 bits per heavy atom. The van der Waals surface area contributed by atoms with Gasteiger partial charge in [0.15, 0.2) is 11.5 Å². The van der Waals surface area contributed by atoms with Gasteiger partial charge in [0.25, 0.3) is 5.91 Å². The number of carbonyl (C=O) groups excluding carboxylic acids is 1. The van der Waals surface area contributed by atoms with Crippen LogP contribution in [0.25, 0.3) is 11.3 Å². The minimum absolute atomic E-state index is 0.0720. The van der Waals surface area contributed by atoms with Crippen LogP contribution in [0.4, 0.5) is 0 Å². The van der Waals surface area contributed by atoms with Crippen molar-refractivity contribution in [3.8, 4) is 11.3 Å². The van der Waals surface area contributed by atoms with Crippen LogP contribution in [0.15, 0.2) is 52.6 Å². The molecule has 2 aromatic rings. The number of piperidine rings is 1. The fourth-order valence-corrected chi connectivity index (χ4v) is 3.63. The van der Waals surface area contributed by atoms with E-state index in [1.54, 1.807) is 6.07 Å². The van der Waals surface area contributed by atoms with Crippen molar-refractivity contribution in [2.24, 2.45) is 0 Å². The van der Waals surface area contributed by atoms with E-state index in [0.29, 0.717) is 24.5 Å². The Labute approximate surface area is 147 Å². The number of nitrogens with zero attached hydrogens (tertiary/aromatic N) is 2. The van der Waals surface area contributed by atoms with Crippen molar-refractivity contribution in [3.63, 3.8) is 0 Å². The van der Waals surface area contributed by atoms with Crippen LogP contribution in [-0.2, 0) is 4.74 Å². The van der Waals surface area contributed by atoms with E-state index >= 15 is 0 Å². The summed E-state index contributed by atoms with van der Waals surface area (Å²) in [7, 11) is 0. The second-order valence-corrected chi connectivity index (χ2v) is 6.89. The maximum atomic E-state index is 12.7. The monoisotopic (exact) mass is 338 g/mol. The van der Waals surface area contributed by atoms with E-state index in [1.807, 2.05) is 35.2 Å². The van der Waals surface area contributed by atoms with Crippen molar-refractivity contribution in [2.45, 2.75) is 31.8 Å². The van der Waals surface area contributed by atoms with Crippen molar-refractivity contribution < 1.29 is 14.1 Å². The average molecular weight is 338 g/mol. The van der Waals surface area contributed by atoms with Gasteiger partial charge in [-0.15, -0.1) is 0 Å². The minimum atomic E-state index is -0.182. The molecule has 0 unspecified atom stereocenters. The van der Waals surface area contributed by atoms with Gasteiger partial charge in [-0.2, -0.15) is 0 Å². The third-order valence-corrected chi connectivity index (χ3v) is 5.08. The first-order valence-corrected chi connectivity index (χ1v) is 8.79. The topological polar surface area (TPSA) is 55.6 Å². The molecule has 130 valence electrons. The lowest BCUT2D eigenvalue weighted by Gasteiger charge is -2.41. The molecule has 0 aliphatic carbocycles. The van der Waals surface area contributed by atoms with Crippen LogP contribution in [0, 0.1) is 0 Å². The smallest absolute Gasteiger partial charge is 0.276 e. The fraction of sp³-hybridized carbons (Fsp3) is 0.400. The first-order chi connectivity index (χ1) is 12.2. The lowest BCUT2D eigenvalue weighted by Crippen LogP contribution is -2.48. The molecule has 1 fully saturated rings. The van der Waals surface area contributed by atoms with Crippen LogP contribution in [0.2, 0.25) is 0 Å². The Morgan fingerprint density at radius 3 is 2.68 bits per heavy atom. The van der Waals surface area contributed by atoms with E-state index in [-0.39, 0.29) is 11.5 Å². The molecular weight excluding hydrogens is 316 g/mol. The zero-order chi connectivity index (χ0) is 17.3. The summed E-state index contributed by atoms with van der Waals surface area (Å²) in [5.41, 5.74) is 2.49. The van der Waals surface area contributed by atoms with Gasteiger partial charge in [0.1, 0.15) is 0 Å². The van der Waals surface area contributed by atoms with Gasteiger partial charge >= 0.3 is 0 Å². The van der Waals surface area contributed by atoms with E-state index in [1.165, 1.54) is 5.57 Å². The summed E-state index contributed by atoms with van der Waals surface area (Å²) in [6.45, 7) is 4.29. The van der Waals surface area contributed by atoms with Crippen LogP contribution >= 0.6 is 0 Å². The van der Waals surface area contributed by atoms with Crippen molar-refractivity contribution in [3.05, 3.63) is 53.7 Å². The van der Waals surface area contributed by atoms with Crippen molar-refractivity contribution in [1.29, 1.82) is 0 Å². The molecule has 1 saturated heterocycles. The Bertz CT molecular complexity index is 786. The largest absolute Gasteiger partial charge is 0.370 e. The molecule has 0 saturated carbocycles. The van der Waals surface area contributed by atoms with Crippen LogP contribution < -0.4 is 0 Å². The molecule has 1 aromatic heterocycles. The van der Waals surface area contributed by atoms with E-state index in [0.717, 1.165) is 31.4 Å².